The number of likely N-dealkylation sites (N-methyl/N-ethyl adjacent to an activating group) is 1. The predicted octanol–water partition coefficient (Wildman–Crippen LogP) is 1.90. The van der Waals surface area contributed by atoms with Crippen LogP contribution in [0.25, 0.3) is 0 Å². The lowest BCUT2D eigenvalue weighted by Crippen LogP contribution is -2.37. The maximum absolute atomic E-state index is 11.9. The molecule has 6 nitrogen and oxygen atoms in total. The highest BCUT2D eigenvalue weighted by Crippen LogP contribution is 2.29. The van der Waals surface area contributed by atoms with E-state index in [9.17, 15) is 9.59 Å². The number of rotatable bonds is 6. The van der Waals surface area contributed by atoms with Gasteiger partial charge in [-0.3, -0.25) is 9.59 Å². The van der Waals surface area contributed by atoms with E-state index in [0.29, 0.717) is 23.7 Å². The van der Waals surface area contributed by atoms with Crippen molar-refractivity contribution in [1.82, 2.24) is 4.90 Å². The fraction of sp³-hybridized carbons (Fsp3) is 0.467. The van der Waals surface area contributed by atoms with Crippen LogP contribution in [0, 0.1) is 0 Å². The molecule has 1 aromatic carbocycles. The Balaban J connectivity index is 2.72. The molecular formula is C15H22N2O4. The minimum absolute atomic E-state index is 0.481. The quantitative estimate of drug-likeness (QED) is 0.814. The third-order valence-corrected chi connectivity index (χ3v) is 3.03. The first-order valence-electron chi connectivity index (χ1n) is 6.82. The average molecular weight is 294 g/mol. The molecule has 2 amide bonds. The molecule has 21 heavy (non-hydrogen) atoms. The zero-order chi connectivity index (χ0) is 15.8. The van der Waals surface area contributed by atoms with Crippen molar-refractivity contribution >= 4 is 17.5 Å². The molecule has 0 unspecified atom stereocenters. The van der Waals surface area contributed by atoms with Crippen molar-refractivity contribution in [2.45, 2.75) is 19.8 Å². The molecule has 0 bridgehead atoms. The number of anilines is 1. The van der Waals surface area contributed by atoms with Crippen molar-refractivity contribution in [3.63, 3.8) is 0 Å². The summed E-state index contributed by atoms with van der Waals surface area (Å²) in [7, 11) is 4.65. The van der Waals surface area contributed by atoms with E-state index in [1.165, 1.54) is 19.1 Å². The Labute approximate surface area is 125 Å². The van der Waals surface area contributed by atoms with Crippen LogP contribution in [-0.2, 0) is 9.59 Å². The highest BCUT2D eigenvalue weighted by molar-refractivity contribution is 6.39. The number of unbranched alkanes of at least 4 members (excludes halogenated alkanes) is 1. The van der Waals surface area contributed by atoms with E-state index in [0.717, 1.165) is 12.8 Å². The van der Waals surface area contributed by atoms with Crippen molar-refractivity contribution in [3.8, 4) is 11.5 Å². The third-order valence-electron chi connectivity index (χ3n) is 3.03. The predicted molar refractivity (Wildman–Crippen MR) is 80.7 cm³/mol. The normalized spacial score (nSPS) is 9.90. The monoisotopic (exact) mass is 294 g/mol. The third kappa shape index (κ3) is 4.66. The van der Waals surface area contributed by atoms with Gasteiger partial charge in [-0.2, -0.15) is 0 Å². The molecule has 0 aromatic heterocycles. The first-order valence-corrected chi connectivity index (χ1v) is 6.82. The van der Waals surface area contributed by atoms with Gasteiger partial charge in [0.2, 0.25) is 0 Å². The number of carbonyl (C=O) groups excluding carboxylic acids is 2. The Kier molecular flexibility index (Phi) is 6.52. The van der Waals surface area contributed by atoms with Gasteiger partial charge in [-0.25, -0.2) is 0 Å². The lowest BCUT2D eigenvalue weighted by Gasteiger charge is -2.16. The molecule has 0 fully saturated rings. The van der Waals surface area contributed by atoms with Gasteiger partial charge in [0.05, 0.1) is 14.2 Å². The van der Waals surface area contributed by atoms with Crippen LogP contribution >= 0.6 is 0 Å². The van der Waals surface area contributed by atoms with Gasteiger partial charge in [-0.05, 0) is 18.6 Å². The van der Waals surface area contributed by atoms with Crippen LogP contribution in [0.2, 0.25) is 0 Å². The number of carbonyl (C=O) groups is 2. The van der Waals surface area contributed by atoms with Crippen LogP contribution < -0.4 is 14.8 Å². The molecule has 0 spiro atoms. The van der Waals surface area contributed by atoms with Crippen LogP contribution in [0.3, 0.4) is 0 Å². The number of hydrogen-bond donors (Lipinski definition) is 1. The molecule has 0 radical (unpaired) electrons. The molecule has 116 valence electrons. The minimum atomic E-state index is -0.666. The minimum Gasteiger partial charge on any atom is -0.493 e. The number of ether oxygens (including phenoxy) is 2. The zero-order valence-corrected chi connectivity index (χ0v) is 12.9. The topological polar surface area (TPSA) is 67.9 Å². The van der Waals surface area contributed by atoms with Crippen molar-refractivity contribution in [3.05, 3.63) is 18.2 Å². The van der Waals surface area contributed by atoms with E-state index in [1.807, 2.05) is 6.92 Å². The molecular weight excluding hydrogens is 272 g/mol. The van der Waals surface area contributed by atoms with Gasteiger partial charge in [-0.1, -0.05) is 13.3 Å². The molecule has 0 saturated heterocycles. The first-order chi connectivity index (χ1) is 10.0. The van der Waals surface area contributed by atoms with Gasteiger partial charge in [-0.15, -0.1) is 0 Å². The van der Waals surface area contributed by atoms with Gasteiger partial charge in [0, 0.05) is 25.3 Å². The summed E-state index contributed by atoms with van der Waals surface area (Å²) in [5.74, 6) is -0.178. The molecule has 1 N–H and O–H groups in total. The summed E-state index contributed by atoms with van der Waals surface area (Å²) in [5, 5.41) is 2.56. The summed E-state index contributed by atoms with van der Waals surface area (Å²) < 4.78 is 10.3. The number of nitrogens with zero attached hydrogens (tertiary/aromatic N) is 1. The fourth-order valence-electron chi connectivity index (χ4n) is 1.77. The number of amides is 2. The van der Waals surface area contributed by atoms with Crippen molar-refractivity contribution in [1.29, 1.82) is 0 Å². The van der Waals surface area contributed by atoms with Crippen molar-refractivity contribution < 1.29 is 19.1 Å². The van der Waals surface area contributed by atoms with Gasteiger partial charge >= 0.3 is 11.8 Å². The van der Waals surface area contributed by atoms with Gasteiger partial charge < -0.3 is 19.7 Å². The number of nitrogens with one attached hydrogen (secondary N) is 1. The van der Waals surface area contributed by atoms with Crippen molar-refractivity contribution in [2.24, 2.45) is 0 Å². The van der Waals surface area contributed by atoms with E-state index in [-0.39, 0.29) is 0 Å². The van der Waals surface area contributed by atoms with Gasteiger partial charge in [0.1, 0.15) is 0 Å². The largest absolute Gasteiger partial charge is 0.493 e. The van der Waals surface area contributed by atoms with Crippen LogP contribution in [0.4, 0.5) is 5.69 Å². The van der Waals surface area contributed by atoms with E-state index in [2.05, 4.69) is 5.32 Å². The summed E-state index contributed by atoms with van der Waals surface area (Å²) in [6, 6.07) is 4.92. The number of methoxy groups -OCH3 is 2. The smallest absolute Gasteiger partial charge is 0.313 e. The lowest BCUT2D eigenvalue weighted by molar-refractivity contribution is -0.142. The number of hydrogen-bond acceptors (Lipinski definition) is 4. The zero-order valence-electron chi connectivity index (χ0n) is 12.9. The molecule has 0 heterocycles. The second-order valence-corrected chi connectivity index (χ2v) is 4.60. The Morgan fingerprint density at radius 3 is 2.43 bits per heavy atom. The SMILES string of the molecule is CCCCN(C)C(=O)C(=O)Nc1ccc(OC)c(OC)c1. The summed E-state index contributed by atoms with van der Waals surface area (Å²) >= 11 is 0. The second kappa shape index (κ2) is 8.14. The fourth-order valence-corrected chi connectivity index (χ4v) is 1.77. The van der Waals surface area contributed by atoms with Crippen LogP contribution in [-0.4, -0.2) is 44.5 Å². The molecule has 0 saturated carbocycles. The standard InChI is InChI=1S/C15H22N2O4/c1-5-6-9-17(2)15(19)14(18)16-11-7-8-12(20-3)13(10-11)21-4/h7-8,10H,5-6,9H2,1-4H3,(H,16,18). The Bertz CT molecular complexity index is 502. The summed E-state index contributed by atoms with van der Waals surface area (Å²) in [6.07, 6.45) is 1.83. The van der Waals surface area contributed by atoms with Gasteiger partial charge in [0.25, 0.3) is 0 Å². The maximum atomic E-state index is 11.9. The van der Waals surface area contributed by atoms with E-state index in [4.69, 9.17) is 9.47 Å². The van der Waals surface area contributed by atoms with Gasteiger partial charge in [0.15, 0.2) is 11.5 Å². The van der Waals surface area contributed by atoms with Crippen LogP contribution in [0.1, 0.15) is 19.8 Å². The Hall–Kier alpha value is -2.24. The molecule has 0 aliphatic heterocycles. The second-order valence-electron chi connectivity index (χ2n) is 4.60. The van der Waals surface area contributed by atoms with Crippen molar-refractivity contribution in [2.75, 3.05) is 33.1 Å². The first kappa shape index (κ1) is 16.8. The summed E-state index contributed by atoms with van der Waals surface area (Å²) in [6.45, 7) is 2.59. The summed E-state index contributed by atoms with van der Waals surface area (Å²) in [4.78, 5) is 25.2. The number of benzene rings is 1. The highest BCUT2D eigenvalue weighted by atomic mass is 16.5. The van der Waals surface area contributed by atoms with E-state index in [1.54, 1.807) is 25.2 Å². The maximum Gasteiger partial charge on any atom is 0.313 e. The molecule has 0 aliphatic rings. The lowest BCUT2D eigenvalue weighted by atomic mass is 10.2. The average Bonchev–Trinajstić information content (AvgIpc) is 2.51. The Morgan fingerprint density at radius 1 is 1.19 bits per heavy atom. The summed E-state index contributed by atoms with van der Waals surface area (Å²) in [5.41, 5.74) is 0.481. The van der Waals surface area contributed by atoms with Crippen LogP contribution in [0.15, 0.2) is 18.2 Å². The molecule has 1 aromatic rings. The molecule has 0 aliphatic carbocycles. The molecule has 1 rings (SSSR count). The van der Waals surface area contributed by atoms with E-state index >= 15 is 0 Å². The van der Waals surface area contributed by atoms with Crippen LogP contribution in [0.5, 0.6) is 11.5 Å². The molecule has 6 heteroatoms. The molecule has 0 atom stereocenters. The highest BCUT2D eigenvalue weighted by Gasteiger charge is 2.18. The Morgan fingerprint density at radius 2 is 1.86 bits per heavy atom. The van der Waals surface area contributed by atoms with E-state index < -0.39 is 11.8 Å².